The van der Waals surface area contributed by atoms with Crippen molar-refractivity contribution < 1.29 is 0 Å². The SMILES string of the molecule is C1=Cc2ccccc2N(c2ccc(N(c3ccccc3)c3ccc(-c4ccc5c(c4)c4nc6c(nc4n5-c4ccccc4)c4ccccc4n6-c4ccccc4)cc3)cc2)c2ccccc21. The Morgan fingerprint density at radius 3 is 1.39 bits per heavy atom. The highest BCUT2D eigenvalue weighted by Crippen LogP contribution is 2.44. The molecule has 0 saturated heterocycles. The number of hydrogen-bond acceptors (Lipinski definition) is 4. The van der Waals surface area contributed by atoms with E-state index in [1.54, 1.807) is 0 Å². The van der Waals surface area contributed by atoms with Crippen LogP contribution in [0.3, 0.4) is 0 Å². The summed E-state index contributed by atoms with van der Waals surface area (Å²) in [5.74, 6) is 0. The molecule has 0 bridgehead atoms. The summed E-state index contributed by atoms with van der Waals surface area (Å²) in [4.78, 5) is 15.7. The summed E-state index contributed by atoms with van der Waals surface area (Å²) in [5, 5.41) is 2.12. The Kier molecular flexibility index (Phi) is 8.74. The van der Waals surface area contributed by atoms with Crippen LogP contribution in [0.1, 0.15) is 11.1 Å². The maximum atomic E-state index is 5.53. The van der Waals surface area contributed by atoms with Gasteiger partial charge < -0.3 is 9.80 Å². The van der Waals surface area contributed by atoms with E-state index in [2.05, 4.69) is 256 Å². The fourth-order valence-corrected chi connectivity index (χ4v) is 9.79. The van der Waals surface area contributed by atoms with Gasteiger partial charge in [-0.2, -0.15) is 0 Å². The molecule has 0 aliphatic carbocycles. The van der Waals surface area contributed by atoms with Gasteiger partial charge in [-0.3, -0.25) is 9.13 Å². The Morgan fingerprint density at radius 1 is 0.333 bits per heavy atom. The first-order valence-corrected chi connectivity index (χ1v) is 22.3. The molecule has 1 aliphatic heterocycles. The molecule has 6 nitrogen and oxygen atoms in total. The van der Waals surface area contributed by atoms with E-state index in [0.29, 0.717) is 0 Å². The summed E-state index contributed by atoms with van der Waals surface area (Å²) in [6, 6.07) is 81.7. The fourth-order valence-electron chi connectivity index (χ4n) is 9.79. The van der Waals surface area contributed by atoms with Crippen LogP contribution < -0.4 is 9.80 Å². The van der Waals surface area contributed by atoms with Gasteiger partial charge in [0, 0.05) is 44.9 Å². The van der Waals surface area contributed by atoms with Gasteiger partial charge in [0.25, 0.3) is 0 Å². The summed E-state index contributed by atoms with van der Waals surface area (Å²) in [5.41, 5.74) is 18.9. The van der Waals surface area contributed by atoms with E-state index in [-0.39, 0.29) is 0 Å². The number of nitrogens with zero attached hydrogens (tertiary/aromatic N) is 6. The van der Waals surface area contributed by atoms with Crippen LogP contribution in [-0.2, 0) is 0 Å². The van der Waals surface area contributed by atoms with Crippen LogP contribution in [0.2, 0.25) is 0 Å². The molecule has 3 aromatic heterocycles. The molecule has 0 amide bonds. The molecular formula is C60H40N6. The second kappa shape index (κ2) is 15.4. The zero-order valence-corrected chi connectivity index (χ0v) is 35.8. The first-order valence-electron chi connectivity index (χ1n) is 22.3. The Bertz CT molecular complexity index is 3750. The second-order valence-electron chi connectivity index (χ2n) is 16.7. The lowest BCUT2D eigenvalue weighted by molar-refractivity contribution is 1.12. The molecule has 4 heterocycles. The number of rotatable bonds is 7. The molecule has 9 aromatic carbocycles. The first kappa shape index (κ1) is 37.5. The minimum Gasteiger partial charge on any atom is -0.311 e. The van der Waals surface area contributed by atoms with Crippen LogP contribution in [0.15, 0.2) is 231 Å². The van der Waals surface area contributed by atoms with Crippen molar-refractivity contribution in [1.29, 1.82) is 0 Å². The first-order chi connectivity index (χ1) is 32.7. The molecular weight excluding hydrogens is 805 g/mol. The van der Waals surface area contributed by atoms with E-state index < -0.39 is 0 Å². The molecule has 0 unspecified atom stereocenters. The number of benzene rings is 9. The van der Waals surface area contributed by atoms with Crippen molar-refractivity contribution in [3.63, 3.8) is 0 Å². The lowest BCUT2D eigenvalue weighted by Gasteiger charge is -2.29. The number of fused-ring (bicyclic) bond motifs is 8. The zero-order chi connectivity index (χ0) is 43.6. The Morgan fingerprint density at radius 2 is 0.788 bits per heavy atom. The van der Waals surface area contributed by atoms with Gasteiger partial charge in [0.2, 0.25) is 0 Å². The van der Waals surface area contributed by atoms with Gasteiger partial charge in [-0.1, -0.05) is 140 Å². The van der Waals surface area contributed by atoms with Crippen molar-refractivity contribution in [1.82, 2.24) is 19.1 Å². The summed E-state index contributed by atoms with van der Waals surface area (Å²) in [6.45, 7) is 0. The van der Waals surface area contributed by atoms with Gasteiger partial charge in [0.05, 0.1) is 22.4 Å². The fraction of sp³-hybridized carbons (Fsp3) is 0. The minimum atomic E-state index is 0.831. The predicted octanol–water partition coefficient (Wildman–Crippen LogP) is 15.8. The molecule has 1 aliphatic rings. The lowest BCUT2D eigenvalue weighted by atomic mass is 10.0. The van der Waals surface area contributed by atoms with E-state index in [0.717, 1.165) is 101 Å². The van der Waals surface area contributed by atoms with Crippen LogP contribution in [0.25, 0.3) is 78.8 Å². The molecule has 6 heteroatoms. The van der Waals surface area contributed by atoms with E-state index in [1.165, 1.54) is 11.1 Å². The third-order valence-corrected chi connectivity index (χ3v) is 12.8. The highest BCUT2D eigenvalue weighted by molar-refractivity contribution is 6.13. The number of aromatic nitrogens is 4. The molecule has 66 heavy (non-hydrogen) atoms. The van der Waals surface area contributed by atoms with E-state index in [1.807, 2.05) is 6.07 Å². The van der Waals surface area contributed by atoms with E-state index >= 15 is 0 Å². The van der Waals surface area contributed by atoms with Gasteiger partial charge in [-0.15, -0.1) is 0 Å². The summed E-state index contributed by atoms with van der Waals surface area (Å²) < 4.78 is 4.49. The second-order valence-corrected chi connectivity index (χ2v) is 16.7. The van der Waals surface area contributed by atoms with Crippen LogP contribution in [-0.4, -0.2) is 19.1 Å². The maximum Gasteiger partial charge on any atom is 0.165 e. The average molecular weight is 845 g/mol. The predicted molar refractivity (Wildman–Crippen MR) is 274 cm³/mol. The number of para-hydroxylation sites is 6. The lowest BCUT2D eigenvalue weighted by Crippen LogP contribution is -2.13. The van der Waals surface area contributed by atoms with Crippen LogP contribution >= 0.6 is 0 Å². The monoisotopic (exact) mass is 844 g/mol. The van der Waals surface area contributed by atoms with E-state index in [4.69, 9.17) is 9.97 Å². The van der Waals surface area contributed by atoms with E-state index in [9.17, 15) is 0 Å². The highest BCUT2D eigenvalue weighted by atomic mass is 15.2. The van der Waals surface area contributed by atoms with Crippen molar-refractivity contribution in [2.45, 2.75) is 0 Å². The largest absolute Gasteiger partial charge is 0.311 e. The average Bonchev–Trinajstić information content (AvgIpc) is 3.82. The summed E-state index contributed by atoms with van der Waals surface area (Å²) in [7, 11) is 0. The van der Waals surface area contributed by atoms with Crippen molar-refractivity contribution in [3.8, 4) is 22.5 Å². The van der Waals surface area contributed by atoms with Gasteiger partial charge >= 0.3 is 0 Å². The minimum absolute atomic E-state index is 0.831. The van der Waals surface area contributed by atoms with Gasteiger partial charge in [0.15, 0.2) is 11.3 Å². The third-order valence-electron chi connectivity index (χ3n) is 12.8. The normalized spacial score (nSPS) is 12.2. The molecule has 0 N–H and O–H groups in total. The van der Waals surface area contributed by atoms with Crippen molar-refractivity contribution in [2.24, 2.45) is 0 Å². The molecule has 0 saturated carbocycles. The molecule has 310 valence electrons. The van der Waals surface area contributed by atoms with Crippen molar-refractivity contribution in [3.05, 3.63) is 242 Å². The Labute approximate surface area is 381 Å². The molecule has 0 radical (unpaired) electrons. The molecule has 0 fully saturated rings. The molecule has 0 atom stereocenters. The number of hydrogen-bond donors (Lipinski definition) is 0. The Hall–Kier alpha value is -9.00. The smallest absolute Gasteiger partial charge is 0.165 e. The summed E-state index contributed by atoms with van der Waals surface area (Å²) >= 11 is 0. The van der Waals surface area contributed by atoms with Crippen molar-refractivity contribution in [2.75, 3.05) is 9.80 Å². The van der Waals surface area contributed by atoms with Crippen LogP contribution in [0.4, 0.5) is 34.1 Å². The van der Waals surface area contributed by atoms with Gasteiger partial charge in [0.1, 0.15) is 11.0 Å². The summed E-state index contributed by atoms with van der Waals surface area (Å²) in [6.07, 6.45) is 4.42. The van der Waals surface area contributed by atoms with Gasteiger partial charge in [-0.25, -0.2) is 9.97 Å². The standard InChI is InChI=1S/C60H40N6/c1-4-18-45(19-5-1)63(49-35-37-50(38-36-49)64-53-25-13-10-16-42(53)28-29-43-17-11-14-26-54(43)64)48-33-30-41(31-34-48)44-32-39-56-52(40-44)58-60(66(56)47-22-8-3-9-23-47)61-57-51-24-12-15-27-55(51)65(59(57)62-58)46-20-6-2-7-21-46/h1-40H. The molecule has 12 aromatic rings. The molecule has 0 spiro atoms. The topological polar surface area (TPSA) is 42.1 Å². The van der Waals surface area contributed by atoms with Crippen molar-refractivity contribution >= 4 is 90.4 Å². The quantitative estimate of drug-likeness (QED) is 0.160. The van der Waals surface area contributed by atoms with Gasteiger partial charge in [-0.05, 0) is 125 Å². The maximum absolute atomic E-state index is 5.53. The highest BCUT2D eigenvalue weighted by Gasteiger charge is 2.23. The number of anilines is 6. The Balaban J connectivity index is 0.918. The van der Waals surface area contributed by atoms with Crippen LogP contribution in [0, 0.1) is 0 Å². The van der Waals surface area contributed by atoms with Crippen LogP contribution in [0.5, 0.6) is 0 Å². The third kappa shape index (κ3) is 6.11. The molecule has 13 rings (SSSR count). The zero-order valence-electron chi connectivity index (χ0n) is 35.8.